The van der Waals surface area contributed by atoms with Gasteiger partial charge in [-0.3, -0.25) is 9.59 Å². The first-order valence-corrected chi connectivity index (χ1v) is 8.35. The van der Waals surface area contributed by atoms with Crippen LogP contribution in [0.25, 0.3) is 0 Å². The Hall–Kier alpha value is -2.49. The van der Waals surface area contributed by atoms with E-state index in [4.69, 9.17) is 4.74 Å². The van der Waals surface area contributed by atoms with Gasteiger partial charge < -0.3 is 24.6 Å². The summed E-state index contributed by atoms with van der Waals surface area (Å²) in [7, 11) is 1.44. The molecule has 1 atom stereocenters. The van der Waals surface area contributed by atoms with Crippen molar-refractivity contribution in [3.05, 3.63) is 24.3 Å². The van der Waals surface area contributed by atoms with E-state index in [1.54, 1.807) is 11.0 Å². The molecule has 0 saturated carbocycles. The van der Waals surface area contributed by atoms with Gasteiger partial charge in [-0.1, -0.05) is 6.07 Å². The molecule has 2 rings (SSSR count). The van der Waals surface area contributed by atoms with Crippen LogP contribution >= 0.6 is 0 Å². The number of rotatable bonds is 6. The molecular formula is C17H22F3N3O4. The SMILES string of the molecule is COC[C@H](NC(C)=O)C(=O)N1CCN(c2cccc(OC(F)(F)F)c2)CC1. The zero-order valence-electron chi connectivity index (χ0n) is 15.1. The average molecular weight is 389 g/mol. The number of benzene rings is 1. The summed E-state index contributed by atoms with van der Waals surface area (Å²) in [4.78, 5) is 27.3. The summed E-state index contributed by atoms with van der Waals surface area (Å²) < 4.78 is 46.0. The molecule has 1 N–H and O–H groups in total. The van der Waals surface area contributed by atoms with Gasteiger partial charge in [-0.05, 0) is 12.1 Å². The van der Waals surface area contributed by atoms with Gasteiger partial charge in [0.2, 0.25) is 11.8 Å². The van der Waals surface area contributed by atoms with Crippen molar-refractivity contribution in [1.29, 1.82) is 0 Å². The molecule has 1 aliphatic rings. The van der Waals surface area contributed by atoms with E-state index >= 15 is 0 Å². The predicted molar refractivity (Wildman–Crippen MR) is 91.4 cm³/mol. The second-order valence-electron chi connectivity index (χ2n) is 6.07. The Morgan fingerprint density at radius 3 is 2.44 bits per heavy atom. The molecule has 0 bridgehead atoms. The summed E-state index contributed by atoms with van der Waals surface area (Å²) in [6.07, 6.45) is -4.75. The van der Waals surface area contributed by atoms with E-state index in [2.05, 4.69) is 10.1 Å². The van der Waals surface area contributed by atoms with Crippen molar-refractivity contribution in [2.45, 2.75) is 19.3 Å². The Bertz CT molecular complexity index is 661. The fourth-order valence-electron chi connectivity index (χ4n) is 2.87. The van der Waals surface area contributed by atoms with E-state index in [-0.39, 0.29) is 24.2 Å². The number of hydrogen-bond donors (Lipinski definition) is 1. The minimum Gasteiger partial charge on any atom is -0.406 e. The first kappa shape index (κ1) is 20.8. The molecule has 150 valence electrons. The van der Waals surface area contributed by atoms with E-state index in [0.717, 1.165) is 0 Å². The smallest absolute Gasteiger partial charge is 0.406 e. The Balaban J connectivity index is 1.97. The number of halogens is 3. The number of amides is 2. The van der Waals surface area contributed by atoms with Gasteiger partial charge in [0.1, 0.15) is 11.8 Å². The predicted octanol–water partition coefficient (Wildman–Crippen LogP) is 1.38. The van der Waals surface area contributed by atoms with Crippen molar-refractivity contribution < 1.29 is 32.2 Å². The molecule has 0 radical (unpaired) electrons. The van der Waals surface area contributed by atoms with Crippen molar-refractivity contribution in [3.63, 3.8) is 0 Å². The van der Waals surface area contributed by atoms with Crippen LogP contribution in [-0.4, -0.2) is 69.0 Å². The molecule has 0 aromatic heterocycles. The van der Waals surface area contributed by atoms with E-state index in [0.29, 0.717) is 31.9 Å². The van der Waals surface area contributed by atoms with Crippen LogP contribution in [0.2, 0.25) is 0 Å². The van der Waals surface area contributed by atoms with E-state index in [9.17, 15) is 22.8 Å². The Morgan fingerprint density at radius 1 is 1.22 bits per heavy atom. The Kier molecular flexibility index (Phi) is 6.89. The van der Waals surface area contributed by atoms with Crippen molar-refractivity contribution in [2.75, 3.05) is 44.8 Å². The lowest BCUT2D eigenvalue weighted by atomic mass is 10.2. The number of alkyl halides is 3. The number of carbonyl (C=O) groups is 2. The van der Waals surface area contributed by atoms with Crippen LogP contribution in [0.3, 0.4) is 0 Å². The normalized spacial score (nSPS) is 16.0. The highest BCUT2D eigenvalue weighted by atomic mass is 19.4. The zero-order valence-corrected chi connectivity index (χ0v) is 15.1. The zero-order chi connectivity index (χ0) is 20.0. The average Bonchev–Trinajstić information content (AvgIpc) is 2.59. The number of anilines is 1. The van der Waals surface area contributed by atoms with Crippen molar-refractivity contribution >= 4 is 17.5 Å². The monoisotopic (exact) mass is 389 g/mol. The summed E-state index contributed by atoms with van der Waals surface area (Å²) in [6.45, 7) is 3.04. The number of nitrogens with zero attached hydrogens (tertiary/aromatic N) is 2. The number of carbonyl (C=O) groups excluding carboxylic acids is 2. The van der Waals surface area contributed by atoms with Crippen LogP contribution in [0, 0.1) is 0 Å². The molecule has 2 amide bonds. The second-order valence-corrected chi connectivity index (χ2v) is 6.07. The number of piperazine rings is 1. The number of ether oxygens (including phenoxy) is 2. The van der Waals surface area contributed by atoms with Gasteiger partial charge in [0.05, 0.1) is 6.61 Å². The molecule has 0 aliphatic carbocycles. The van der Waals surface area contributed by atoms with E-state index < -0.39 is 12.4 Å². The number of methoxy groups -OCH3 is 1. The summed E-state index contributed by atoms with van der Waals surface area (Å²) in [5.41, 5.74) is 0.583. The summed E-state index contributed by atoms with van der Waals surface area (Å²) in [6, 6.07) is 4.96. The quantitative estimate of drug-likeness (QED) is 0.796. The second kappa shape index (κ2) is 8.94. The molecule has 1 aromatic carbocycles. The summed E-state index contributed by atoms with van der Waals surface area (Å²) in [5.74, 6) is -0.865. The molecule has 1 aromatic rings. The Labute approximate surface area is 155 Å². The molecule has 1 fully saturated rings. The van der Waals surface area contributed by atoms with Crippen LogP contribution in [-0.2, 0) is 14.3 Å². The van der Waals surface area contributed by atoms with Gasteiger partial charge in [0, 0.05) is 52.0 Å². The lowest BCUT2D eigenvalue weighted by Crippen LogP contribution is -2.56. The maximum absolute atomic E-state index is 12.5. The topological polar surface area (TPSA) is 71.1 Å². The van der Waals surface area contributed by atoms with Crippen LogP contribution in [0.4, 0.5) is 18.9 Å². The fraction of sp³-hybridized carbons (Fsp3) is 0.529. The van der Waals surface area contributed by atoms with Gasteiger partial charge in [-0.2, -0.15) is 0 Å². The highest BCUT2D eigenvalue weighted by molar-refractivity contribution is 5.87. The lowest BCUT2D eigenvalue weighted by molar-refractivity contribution is -0.274. The molecule has 0 unspecified atom stereocenters. The number of nitrogens with one attached hydrogen (secondary N) is 1. The van der Waals surface area contributed by atoms with Gasteiger partial charge in [0.15, 0.2) is 0 Å². The van der Waals surface area contributed by atoms with Gasteiger partial charge in [-0.15, -0.1) is 13.2 Å². The minimum absolute atomic E-state index is 0.0649. The molecule has 1 aliphatic heterocycles. The summed E-state index contributed by atoms with van der Waals surface area (Å²) in [5, 5.41) is 2.56. The molecule has 1 saturated heterocycles. The highest BCUT2D eigenvalue weighted by Gasteiger charge is 2.32. The van der Waals surface area contributed by atoms with Crippen molar-refractivity contribution in [1.82, 2.24) is 10.2 Å². The maximum Gasteiger partial charge on any atom is 0.573 e. The summed E-state index contributed by atoms with van der Waals surface area (Å²) >= 11 is 0. The van der Waals surface area contributed by atoms with Gasteiger partial charge in [0.25, 0.3) is 0 Å². The molecule has 7 nitrogen and oxygen atoms in total. The van der Waals surface area contributed by atoms with Gasteiger partial charge in [-0.25, -0.2) is 0 Å². The van der Waals surface area contributed by atoms with Crippen LogP contribution in [0.5, 0.6) is 5.75 Å². The first-order chi connectivity index (χ1) is 12.7. The first-order valence-electron chi connectivity index (χ1n) is 8.35. The van der Waals surface area contributed by atoms with E-state index in [1.165, 1.54) is 32.2 Å². The Morgan fingerprint density at radius 2 is 1.89 bits per heavy atom. The van der Waals surface area contributed by atoms with Crippen molar-refractivity contribution in [2.24, 2.45) is 0 Å². The molecule has 10 heteroatoms. The van der Waals surface area contributed by atoms with Gasteiger partial charge >= 0.3 is 6.36 Å². The maximum atomic E-state index is 12.5. The third-order valence-corrected chi connectivity index (χ3v) is 4.02. The molecule has 0 spiro atoms. The highest BCUT2D eigenvalue weighted by Crippen LogP contribution is 2.27. The standard InChI is InChI=1S/C17H22F3N3O4/c1-12(24)21-15(11-26-2)16(25)23-8-6-22(7-9-23)13-4-3-5-14(10-13)27-17(18,19)20/h3-5,10,15H,6-9,11H2,1-2H3,(H,21,24)/t15-/m0/s1. The third kappa shape index (κ3) is 6.31. The third-order valence-electron chi connectivity index (χ3n) is 4.02. The molecular weight excluding hydrogens is 367 g/mol. The lowest BCUT2D eigenvalue weighted by Gasteiger charge is -2.37. The van der Waals surface area contributed by atoms with E-state index in [1.807, 2.05) is 4.90 Å². The molecule has 27 heavy (non-hydrogen) atoms. The van der Waals surface area contributed by atoms with Crippen molar-refractivity contribution in [3.8, 4) is 5.75 Å². The van der Waals surface area contributed by atoms with Crippen LogP contribution in [0.1, 0.15) is 6.92 Å². The minimum atomic E-state index is -4.75. The largest absolute Gasteiger partial charge is 0.573 e. The fourth-order valence-corrected chi connectivity index (χ4v) is 2.87. The number of hydrogen-bond acceptors (Lipinski definition) is 5. The molecule has 1 heterocycles. The van der Waals surface area contributed by atoms with Crippen LogP contribution in [0.15, 0.2) is 24.3 Å². The van der Waals surface area contributed by atoms with Crippen LogP contribution < -0.4 is 15.0 Å².